The summed E-state index contributed by atoms with van der Waals surface area (Å²) in [7, 11) is 1.67. The molecule has 0 N–H and O–H groups in total. The van der Waals surface area contributed by atoms with Gasteiger partial charge >= 0.3 is 0 Å². The van der Waals surface area contributed by atoms with E-state index in [0.29, 0.717) is 12.5 Å². The van der Waals surface area contributed by atoms with Gasteiger partial charge in [0.05, 0.1) is 13.7 Å². The molecule has 142 valence electrons. The third-order valence-corrected chi connectivity index (χ3v) is 5.46. The Labute approximate surface area is 160 Å². The molecule has 1 unspecified atom stereocenters. The first-order valence-corrected chi connectivity index (χ1v) is 9.77. The average Bonchev–Trinajstić information content (AvgIpc) is 2.73. The fourth-order valence-corrected chi connectivity index (χ4v) is 4.05. The lowest BCUT2D eigenvalue weighted by molar-refractivity contribution is 0.0724. The lowest BCUT2D eigenvalue weighted by Gasteiger charge is -2.27. The predicted octanol–water partition coefficient (Wildman–Crippen LogP) is 3.51. The molecule has 27 heavy (non-hydrogen) atoms. The number of pyridine rings is 1. The number of methoxy groups -OCH3 is 1. The summed E-state index contributed by atoms with van der Waals surface area (Å²) >= 11 is 0. The number of fused-ring (bicyclic) bond motifs is 1. The standard InChI is InChI=1S/C22H26N2O3/c1-26-20-7-5-6-17-12-16(15-27-21(17)20)13-19-14-18(8-9-23-19)22(25)24-10-3-2-4-11-24/h5-9,14,16H,2-4,10-13,15H2,1H3. The number of piperidine rings is 1. The van der Waals surface area contributed by atoms with Crippen LogP contribution in [0.2, 0.25) is 0 Å². The summed E-state index contributed by atoms with van der Waals surface area (Å²) in [5, 5.41) is 0. The maximum Gasteiger partial charge on any atom is 0.253 e. The van der Waals surface area contributed by atoms with Gasteiger partial charge < -0.3 is 14.4 Å². The van der Waals surface area contributed by atoms with Crippen molar-refractivity contribution < 1.29 is 14.3 Å². The number of amides is 1. The molecule has 1 saturated heterocycles. The molecule has 1 atom stereocenters. The summed E-state index contributed by atoms with van der Waals surface area (Å²) in [5.41, 5.74) is 2.88. The highest BCUT2D eigenvalue weighted by Gasteiger charge is 2.24. The number of carbonyl (C=O) groups excluding carboxylic acids is 1. The van der Waals surface area contributed by atoms with Crippen LogP contribution >= 0.6 is 0 Å². The number of rotatable bonds is 4. The van der Waals surface area contributed by atoms with Crippen molar-refractivity contribution in [3.63, 3.8) is 0 Å². The van der Waals surface area contributed by atoms with E-state index in [4.69, 9.17) is 9.47 Å². The van der Waals surface area contributed by atoms with Gasteiger partial charge in [-0.25, -0.2) is 0 Å². The van der Waals surface area contributed by atoms with Crippen LogP contribution in [0.4, 0.5) is 0 Å². The SMILES string of the molecule is COc1cccc2c1OCC(Cc1cc(C(=O)N3CCCCC3)ccn1)C2. The number of hydrogen-bond acceptors (Lipinski definition) is 4. The lowest BCUT2D eigenvalue weighted by Crippen LogP contribution is -2.35. The Morgan fingerprint density at radius 2 is 2.11 bits per heavy atom. The minimum atomic E-state index is 0.133. The minimum Gasteiger partial charge on any atom is -0.493 e. The molecule has 3 heterocycles. The van der Waals surface area contributed by atoms with Crippen LogP contribution in [-0.2, 0) is 12.8 Å². The number of carbonyl (C=O) groups is 1. The van der Waals surface area contributed by atoms with Gasteiger partial charge in [-0.1, -0.05) is 12.1 Å². The van der Waals surface area contributed by atoms with Gasteiger partial charge in [0.1, 0.15) is 0 Å². The summed E-state index contributed by atoms with van der Waals surface area (Å²) in [6.45, 7) is 2.37. The number of ether oxygens (including phenoxy) is 2. The quantitative estimate of drug-likeness (QED) is 0.831. The topological polar surface area (TPSA) is 51.7 Å². The summed E-state index contributed by atoms with van der Waals surface area (Å²) in [6, 6.07) is 9.81. The third-order valence-electron chi connectivity index (χ3n) is 5.46. The second-order valence-electron chi connectivity index (χ2n) is 7.42. The smallest absolute Gasteiger partial charge is 0.253 e. The van der Waals surface area contributed by atoms with E-state index in [1.54, 1.807) is 13.3 Å². The van der Waals surface area contributed by atoms with Gasteiger partial charge in [-0.05, 0) is 55.9 Å². The molecule has 0 radical (unpaired) electrons. The molecular formula is C22H26N2O3. The van der Waals surface area contributed by atoms with Crippen LogP contribution in [0.25, 0.3) is 0 Å². The summed E-state index contributed by atoms with van der Waals surface area (Å²) < 4.78 is 11.4. The molecule has 1 aromatic carbocycles. The van der Waals surface area contributed by atoms with Crippen LogP contribution in [-0.4, -0.2) is 42.6 Å². The number of hydrogen-bond donors (Lipinski definition) is 0. The Hall–Kier alpha value is -2.56. The van der Waals surface area contributed by atoms with Crippen molar-refractivity contribution in [3.05, 3.63) is 53.3 Å². The Balaban J connectivity index is 1.45. The molecule has 1 amide bonds. The first-order chi connectivity index (χ1) is 13.2. The Morgan fingerprint density at radius 3 is 2.93 bits per heavy atom. The first kappa shape index (κ1) is 17.8. The molecule has 0 bridgehead atoms. The van der Waals surface area contributed by atoms with Gasteiger partial charge in [0.25, 0.3) is 5.91 Å². The highest BCUT2D eigenvalue weighted by molar-refractivity contribution is 5.94. The van der Waals surface area contributed by atoms with Crippen molar-refractivity contribution in [1.82, 2.24) is 9.88 Å². The molecular weight excluding hydrogens is 340 g/mol. The van der Waals surface area contributed by atoms with Gasteiger partial charge in [0, 0.05) is 36.5 Å². The zero-order chi connectivity index (χ0) is 18.6. The molecule has 4 rings (SSSR count). The van der Waals surface area contributed by atoms with E-state index in [0.717, 1.165) is 61.5 Å². The molecule has 2 aliphatic rings. The molecule has 2 aromatic rings. The molecule has 1 aromatic heterocycles. The van der Waals surface area contributed by atoms with Crippen molar-refractivity contribution >= 4 is 5.91 Å². The van der Waals surface area contributed by atoms with Crippen molar-refractivity contribution in [1.29, 1.82) is 0 Å². The third kappa shape index (κ3) is 3.92. The van der Waals surface area contributed by atoms with Gasteiger partial charge in [-0.3, -0.25) is 9.78 Å². The van der Waals surface area contributed by atoms with Gasteiger partial charge in [-0.2, -0.15) is 0 Å². The molecule has 0 saturated carbocycles. The van der Waals surface area contributed by atoms with Crippen molar-refractivity contribution in [3.8, 4) is 11.5 Å². The lowest BCUT2D eigenvalue weighted by atomic mass is 9.92. The molecule has 0 aliphatic carbocycles. The number of likely N-dealkylation sites (tertiary alicyclic amines) is 1. The second-order valence-corrected chi connectivity index (χ2v) is 7.42. The van der Waals surface area contributed by atoms with E-state index < -0.39 is 0 Å². The summed E-state index contributed by atoms with van der Waals surface area (Å²) in [4.78, 5) is 19.2. The summed E-state index contributed by atoms with van der Waals surface area (Å²) in [6.07, 6.45) is 6.92. The first-order valence-electron chi connectivity index (χ1n) is 9.77. The molecule has 1 fully saturated rings. The number of aromatic nitrogens is 1. The van der Waals surface area contributed by atoms with E-state index in [-0.39, 0.29) is 5.91 Å². The van der Waals surface area contributed by atoms with E-state index >= 15 is 0 Å². The maximum atomic E-state index is 12.7. The molecule has 5 nitrogen and oxygen atoms in total. The van der Waals surface area contributed by atoms with Crippen molar-refractivity contribution in [2.24, 2.45) is 5.92 Å². The van der Waals surface area contributed by atoms with Crippen LogP contribution in [0.1, 0.15) is 40.9 Å². The summed E-state index contributed by atoms with van der Waals surface area (Å²) in [5.74, 6) is 2.13. The number of nitrogens with zero attached hydrogens (tertiary/aromatic N) is 2. The molecule has 5 heteroatoms. The normalized spacial score (nSPS) is 19.1. The van der Waals surface area contributed by atoms with Crippen LogP contribution in [0.5, 0.6) is 11.5 Å². The Morgan fingerprint density at radius 1 is 1.26 bits per heavy atom. The van der Waals surface area contributed by atoms with E-state index in [2.05, 4.69) is 11.1 Å². The monoisotopic (exact) mass is 366 g/mol. The van der Waals surface area contributed by atoms with E-state index in [9.17, 15) is 4.79 Å². The van der Waals surface area contributed by atoms with Gasteiger partial charge in [0.15, 0.2) is 11.5 Å². The van der Waals surface area contributed by atoms with Gasteiger partial charge in [-0.15, -0.1) is 0 Å². The minimum absolute atomic E-state index is 0.133. The molecule has 0 spiro atoms. The van der Waals surface area contributed by atoms with Gasteiger partial charge in [0.2, 0.25) is 0 Å². The van der Waals surface area contributed by atoms with Crippen LogP contribution in [0.15, 0.2) is 36.5 Å². The van der Waals surface area contributed by atoms with Crippen LogP contribution < -0.4 is 9.47 Å². The highest BCUT2D eigenvalue weighted by atomic mass is 16.5. The molecule has 2 aliphatic heterocycles. The maximum absolute atomic E-state index is 12.7. The zero-order valence-corrected chi connectivity index (χ0v) is 15.8. The fraction of sp³-hybridized carbons (Fsp3) is 0.455. The number of benzene rings is 1. The zero-order valence-electron chi connectivity index (χ0n) is 15.8. The Kier molecular flexibility index (Phi) is 5.28. The fourth-order valence-electron chi connectivity index (χ4n) is 4.05. The largest absolute Gasteiger partial charge is 0.493 e. The van der Waals surface area contributed by atoms with E-state index in [1.807, 2.05) is 29.2 Å². The van der Waals surface area contributed by atoms with Crippen LogP contribution in [0, 0.1) is 5.92 Å². The predicted molar refractivity (Wildman–Crippen MR) is 103 cm³/mol. The van der Waals surface area contributed by atoms with Crippen LogP contribution in [0.3, 0.4) is 0 Å². The van der Waals surface area contributed by atoms with Crippen molar-refractivity contribution in [2.75, 3.05) is 26.8 Å². The highest BCUT2D eigenvalue weighted by Crippen LogP contribution is 2.36. The van der Waals surface area contributed by atoms with Crippen molar-refractivity contribution in [2.45, 2.75) is 32.1 Å². The second kappa shape index (κ2) is 7.99. The van der Waals surface area contributed by atoms with E-state index in [1.165, 1.54) is 12.0 Å². The number of para-hydroxylation sites is 1. The average molecular weight is 366 g/mol. The Bertz CT molecular complexity index is 815.